The van der Waals surface area contributed by atoms with Gasteiger partial charge >= 0.3 is 0 Å². The van der Waals surface area contributed by atoms with Crippen molar-refractivity contribution in [1.82, 2.24) is 9.88 Å². The fourth-order valence-corrected chi connectivity index (χ4v) is 5.20. The van der Waals surface area contributed by atoms with E-state index in [1.807, 2.05) is 19.2 Å². The standard InChI is InChI=1S/C27H25N3O/c1-17-3-5-23(6-4-17)27(8-9-27)30-16-22-13-24-21(12-20(22)14-25(30)31)15-29-26(24)19-7-10-28-18(2)11-19/h3-7,10-13H,8-9,14-16H2,1-2H3. The number of pyridine rings is 1. The molecule has 4 heteroatoms. The van der Waals surface area contributed by atoms with Crippen molar-refractivity contribution in [1.29, 1.82) is 0 Å². The molecular formula is C27H25N3O. The van der Waals surface area contributed by atoms with Gasteiger partial charge in [0, 0.05) is 29.6 Å². The number of nitrogens with zero attached hydrogens (tertiary/aromatic N) is 3. The monoisotopic (exact) mass is 407 g/mol. The predicted molar refractivity (Wildman–Crippen MR) is 121 cm³/mol. The van der Waals surface area contributed by atoms with E-state index in [1.54, 1.807) is 0 Å². The molecule has 1 amide bonds. The number of fused-ring (bicyclic) bond motifs is 2. The van der Waals surface area contributed by atoms with E-state index in [0.717, 1.165) is 29.8 Å². The number of benzene rings is 2. The van der Waals surface area contributed by atoms with Crippen molar-refractivity contribution >= 4 is 11.6 Å². The van der Waals surface area contributed by atoms with Crippen LogP contribution in [0.4, 0.5) is 0 Å². The summed E-state index contributed by atoms with van der Waals surface area (Å²) in [7, 11) is 0. The summed E-state index contributed by atoms with van der Waals surface area (Å²) in [5, 5.41) is 0. The third-order valence-corrected chi connectivity index (χ3v) is 7.06. The zero-order valence-electron chi connectivity index (χ0n) is 18.0. The lowest BCUT2D eigenvalue weighted by Gasteiger charge is -2.37. The molecule has 0 spiro atoms. The summed E-state index contributed by atoms with van der Waals surface area (Å²) in [5.74, 6) is 0.245. The predicted octanol–water partition coefficient (Wildman–Crippen LogP) is 4.62. The van der Waals surface area contributed by atoms with Gasteiger partial charge < -0.3 is 4.90 Å². The fourth-order valence-electron chi connectivity index (χ4n) is 5.20. The van der Waals surface area contributed by atoms with Gasteiger partial charge in [-0.05, 0) is 67.1 Å². The molecule has 2 aliphatic heterocycles. The molecule has 4 nitrogen and oxygen atoms in total. The summed E-state index contributed by atoms with van der Waals surface area (Å²) in [6, 6.07) is 17.3. The van der Waals surface area contributed by atoms with Gasteiger partial charge in [-0.15, -0.1) is 0 Å². The van der Waals surface area contributed by atoms with Crippen LogP contribution in [0.5, 0.6) is 0 Å². The maximum Gasteiger partial charge on any atom is 0.228 e. The van der Waals surface area contributed by atoms with Gasteiger partial charge in [-0.3, -0.25) is 14.8 Å². The van der Waals surface area contributed by atoms with E-state index in [1.165, 1.54) is 33.4 Å². The van der Waals surface area contributed by atoms with Gasteiger partial charge in [0.05, 0.1) is 24.2 Å². The van der Waals surface area contributed by atoms with Crippen molar-refractivity contribution in [2.75, 3.05) is 0 Å². The minimum Gasteiger partial charge on any atom is -0.328 e. The Morgan fingerprint density at radius 1 is 0.935 bits per heavy atom. The number of aromatic nitrogens is 1. The first-order chi connectivity index (χ1) is 15.0. The molecule has 0 atom stereocenters. The molecule has 0 radical (unpaired) electrons. The molecule has 3 aromatic rings. The Morgan fingerprint density at radius 2 is 1.74 bits per heavy atom. The van der Waals surface area contributed by atoms with Crippen LogP contribution in [-0.2, 0) is 29.8 Å². The number of carbonyl (C=O) groups excluding carboxylic acids is 1. The number of aryl methyl sites for hydroxylation is 2. The molecule has 0 saturated heterocycles. The van der Waals surface area contributed by atoms with Crippen LogP contribution in [0, 0.1) is 13.8 Å². The highest BCUT2D eigenvalue weighted by Gasteiger charge is 2.52. The topological polar surface area (TPSA) is 45.6 Å². The highest BCUT2D eigenvalue weighted by atomic mass is 16.2. The van der Waals surface area contributed by atoms with Crippen LogP contribution >= 0.6 is 0 Å². The smallest absolute Gasteiger partial charge is 0.228 e. The first-order valence-corrected chi connectivity index (χ1v) is 11.0. The minimum absolute atomic E-state index is 0.124. The van der Waals surface area contributed by atoms with Crippen molar-refractivity contribution in [3.63, 3.8) is 0 Å². The van der Waals surface area contributed by atoms with Crippen molar-refractivity contribution in [2.45, 2.75) is 51.7 Å². The molecule has 0 unspecified atom stereocenters. The summed E-state index contributed by atoms with van der Waals surface area (Å²) in [6.07, 6.45) is 4.43. The van der Waals surface area contributed by atoms with Gasteiger partial charge in [0.2, 0.25) is 5.91 Å². The molecule has 6 rings (SSSR count). The molecule has 1 fully saturated rings. The number of aliphatic imine (C=N–C) groups is 1. The SMILES string of the molecule is Cc1ccc(C2(N3Cc4cc5c(cc4CC3=O)CN=C5c3ccnc(C)c3)CC2)cc1. The Labute approximate surface area is 182 Å². The minimum atomic E-state index is -0.124. The Bertz CT molecular complexity index is 1250. The molecule has 0 N–H and O–H groups in total. The third kappa shape index (κ3) is 2.93. The van der Waals surface area contributed by atoms with Gasteiger partial charge in [0.15, 0.2) is 0 Å². The fraction of sp³-hybridized carbons (Fsp3) is 0.296. The second kappa shape index (κ2) is 6.61. The van der Waals surface area contributed by atoms with E-state index in [-0.39, 0.29) is 11.4 Å². The van der Waals surface area contributed by atoms with Crippen molar-refractivity contribution in [3.05, 3.63) is 99.4 Å². The normalized spacial score (nSPS) is 18.5. The molecule has 31 heavy (non-hydrogen) atoms. The third-order valence-electron chi connectivity index (χ3n) is 7.06. The van der Waals surface area contributed by atoms with E-state index in [4.69, 9.17) is 4.99 Å². The molecule has 1 saturated carbocycles. The molecule has 1 aliphatic carbocycles. The quantitative estimate of drug-likeness (QED) is 0.636. The maximum absolute atomic E-state index is 13.2. The van der Waals surface area contributed by atoms with E-state index < -0.39 is 0 Å². The molecule has 0 bridgehead atoms. The van der Waals surface area contributed by atoms with Crippen LogP contribution < -0.4 is 0 Å². The Kier molecular flexibility index (Phi) is 3.95. The average molecular weight is 408 g/mol. The van der Waals surface area contributed by atoms with Gasteiger partial charge in [-0.2, -0.15) is 0 Å². The van der Waals surface area contributed by atoms with Crippen molar-refractivity contribution in [2.24, 2.45) is 4.99 Å². The second-order valence-electron chi connectivity index (χ2n) is 9.18. The lowest BCUT2D eigenvalue weighted by Crippen LogP contribution is -2.43. The van der Waals surface area contributed by atoms with Gasteiger partial charge in [0.1, 0.15) is 0 Å². The average Bonchev–Trinajstić information content (AvgIpc) is 3.46. The first-order valence-electron chi connectivity index (χ1n) is 11.0. The van der Waals surface area contributed by atoms with Crippen LogP contribution in [0.25, 0.3) is 0 Å². The first kappa shape index (κ1) is 18.5. The zero-order valence-corrected chi connectivity index (χ0v) is 18.0. The van der Waals surface area contributed by atoms with Crippen LogP contribution in [0.1, 0.15) is 57.5 Å². The highest BCUT2D eigenvalue weighted by molar-refractivity contribution is 6.15. The molecule has 2 aromatic carbocycles. The lowest BCUT2D eigenvalue weighted by molar-refractivity contribution is -0.135. The molecule has 3 aliphatic rings. The number of hydrogen-bond donors (Lipinski definition) is 0. The van der Waals surface area contributed by atoms with Crippen molar-refractivity contribution < 1.29 is 4.79 Å². The number of hydrogen-bond acceptors (Lipinski definition) is 3. The summed E-state index contributed by atoms with van der Waals surface area (Å²) >= 11 is 0. The summed E-state index contributed by atoms with van der Waals surface area (Å²) in [5.41, 5.74) is 10.4. The van der Waals surface area contributed by atoms with E-state index in [9.17, 15) is 4.79 Å². The number of amides is 1. The van der Waals surface area contributed by atoms with E-state index >= 15 is 0 Å². The van der Waals surface area contributed by atoms with Crippen LogP contribution in [0.3, 0.4) is 0 Å². The largest absolute Gasteiger partial charge is 0.328 e. The summed E-state index contributed by atoms with van der Waals surface area (Å²) < 4.78 is 0. The Morgan fingerprint density at radius 3 is 2.48 bits per heavy atom. The second-order valence-corrected chi connectivity index (χ2v) is 9.18. The Hall–Kier alpha value is -3.27. The van der Waals surface area contributed by atoms with E-state index in [2.05, 4.69) is 59.3 Å². The highest BCUT2D eigenvalue weighted by Crippen LogP contribution is 2.52. The summed E-state index contributed by atoms with van der Waals surface area (Å²) in [6.45, 7) is 5.48. The lowest BCUT2D eigenvalue weighted by atomic mass is 9.89. The van der Waals surface area contributed by atoms with Gasteiger partial charge in [-0.25, -0.2) is 0 Å². The van der Waals surface area contributed by atoms with Gasteiger partial charge in [-0.1, -0.05) is 35.9 Å². The molecule has 3 heterocycles. The van der Waals surface area contributed by atoms with Crippen LogP contribution in [0.2, 0.25) is 0 Å². The van der Waals surface area contributed by atoms with E-state index in [0.29, 0.717) is 19.5 Å². The molecular weight excluding hydrogens is 382 g/mol. The van der Waals surface area contributed by atoms with Crippen LogP contribution in [-0.4, -0.2) is 21.5 Å². The van der Waals surface area contributed by atoms with Crippen molar-refractivity contribution in [3.8, 4) is 0 Å². The Balaban J connectivity index is 1.36. The van der Waals surface area contributed by atoms with Crippen LogP contribution in [0.15, 0.2) is 59.7 Å². The van der Waals surface area contributed by atoms with Gasteiger partial charge in [0.25, 0.3) is 0 Å². The summed E-state index contributed by atoms with van der Waals surface area (Å²) in [4.78, 5) is 24.5. The number of rotatable bonds is 3. The molecule has 154 valence electrons. The zero-order chi connectivity index (χ0) is 21.2. The molecule has 1 aromatic heterocycles. The maximum atomic E-state index is 13.2. The number of carbonyl (C=O) groups is 1.